The molecular formula is C27H36N2O4S. The summed E-state index contributed by atoms with van der Waals surface area (Å²) in [6, 6.07) is 14.8. The molecular weight excluding hydrogens is 448 g/mol. The molecule has 0 bridgehead atoms. The molecule has 0 radical (unpaired) electrons. The Kier molecular flexibility index (Phi) is 11.7. The SMILES string of the molecule is CCCCSC[C@H](NC(=O)N(Cc1ccccc1)C(=O)c1cccc(CCC(C)C)c1)C(=O)O. The largest absolute Gasteiger partial charge is 0.480 e. The molecule has 0 saturated carbocycles. The molecule has 2 aromatic rings. The highest BCUT2D eigenvalue weighted by Crippen LogP contribution is 2.16. The van der Waals surface area contributed by atoms with Crippen molar-refractivity contribution in [1.29, 1.82) is 0 Å². The third kappa shape index (κ3) is 9.21. The van der Waals surface area contributed by atoms with Crippen molar-refractivity contribution in [2.75, 3.05) is 11.5 Å². The van der Waals surface area contributed by atoms with Crippen molar-refractivity contribution in [1.82, 2.24) is 10.2 Å². The van der Waals surface area contributed by atoms with Gasteiger partial charge in [0.05, 0.1) is 6.54 Å². The van der Waals surface area contributed by atoms with E-state index in [-0.39, 0.29) is 12.3 Å². The molecule has 0 aliphatic heterocycles. The number of nitrogens with zero attached hydrogens (tertiary/aromatic N) is 1. The molecule has 3 amide bonds. The summed E-state index contributed by atoms with van der Waals surface area (Å²) in [4.78, 5) is 39.5. The van der Waals surface area contributed by atoms with E-state index in [9.17, 15) is 19.5 Å². The molecule has 34 heavy (non-hydrogen) atoms. The number of aryl methyl sites for hydroxylation is 1. The molecule has 7 heteroatoms. The number of thioether (sulfide) groups is 1. The monoisotopic (exact) mass is 484 g/mol. The maximum Gasteiger partial charge on any atom is 0.327 e. The van der Waals surface area contributed by atoms with Crippen LogP contribution in [0, 0.1) is 5.92 Å². The van der Waals surface area contributed by atoms with Crippen molar-refractivity contribution in [2.45, 2.75) is 59.0 Å². The number of unbranched alkanes of at least 4 members (excludes halogenated alkanes) is 1. The molecule has 6 nitrogen and oxygen atoms in total. The van der Waals surface area contributed by atoms with E-state index in [4.69, 9.17) is 0 Å². The van der Waals surface area contributed by atoms with E-state index in [0.717, 1.165) is 47.5 Å². The van der Waals surface area contributed by atoms with Crippen LogP contribution in [-0.2, 0) is 17.8 Å². The van der Waals surface area contributed by atoms with Gasteiger partial charge in [0.25, 0.3) is 5.91 Å². The Balaban J connectivity index is 2.23. The van der Waals surface area contributed by atoms with Crippen LogP contribution in [0.25, 0.3) is 0 Å². The van der Waals surface area contributed by atoms with Gasteiger partial charge in [-0.25, -0.2) is 9.59 Å². The summed E-state index contributed by atoms with van der Waals surface area (Å²) in [5, 5.41) is 12.2. The fraction of sp³-hybridized carbons (Fsp3) is 0.444. The van der Waals surface area contributed by atoms with Crippen molar-refractivity contribution in [3.8, 4) is 0 Å². The summed E-state index contributed by atoms with van der Waals surface area (Å²) in [5.74, 6) is 0.0593. The zero-order valence-electron chi connectivity index (χ0n) is 20.3. The Hall–Kier alpha value is -2.80. The van der Waals surface area contributed by atoms with Gasteiger partial charge in [-0.15, -0.1) is 0 Å². The number of carboxylic acid groups (broad SMARTS) is 1. The Morgan fingerprint density at radius 2 is 1.74 bits per heavy atom. The van der Waals surface area contributed by atoms with E-state index in [0.29, 0.717) is 11.5 Å². The quantitative estimate of drug-likeness (QED) is 0.361. The van der Waals surface area contributed by atoms with Gasteiger partial charge in [0.2, 0.25) is 0 Å². The van der Waals surface area contributed by atoms with Gasteiger partial charge in [0, 0.05) is 11.3 Å². The minimum atomic E-state index is -1.11. The lowest BCUT2D eigenvalue weighted by molar-refractivity contribution is -0.138. The normalized spacial score (nSPS) is 11.8. The van der Waals surface area contributed by atoms with E-state index < -0.39 is 23.9 Å². The number of rotatable bonds is 13. The van der Waals surface area contributed by atoms with E-state index in [1.807, 2.05) is 48.5 Å². The van der Waals surface area contributed by atoms with E-state index in [1.54, 1.807) is 6.07 Å². The zero-order chi connectivity index (χ0) is 24.9. The number of nitrogens with one attached hydrogen (secondary N) is 1. The number of carboxylic acids is 1. The first-order chi connectivity index (χ1) is 16.3. The van der Waals surface area contributed by atoms with Crippen LogP contribution in [-0.4, -0.2) is 45.5 Å². The lowest BCUT2D eigenvalue weighted by Crippen LogP contribution is -2.50. The predicted molar refractivity (Wildman–Crippen MR) is 138 cm³/mol. The second-order valence-electron chi connectivity index (χ2n) is 8.78. The number of benzene rings is 2. The minimum Gasteiger partial charge on any atom is -0.480 e. The van der Waals surface area contributed by atoms with Crippen LogP contribution >= 0.6 is 11.8 Å². The van der Waals surface area contributed by atoms with Crippen molar-refractivity contribution in [3.63, 3.8) is 0 Å². The fourth-order valence-corrected chi connectivity index (χ4v) is 4.44. The lowest BCUT2D eigenvalue weighted by atomic mass is 10.0. The minimum absolute atomic E-state index is 0.0526. The fourth-order valence-electron chi connectivity index (χ4n) is 3.32. The molecule has 0 spiro atoms. The third-order valence-electron chi connectivity index (χ3n) is 5.38. The smallest absolute Gasteiger partial charge is 0.327 e. The molecule has 0 aromatic heterocycles. The first-order valence-corrected chi connectivity index (χ1v) is 13.0. The van der Waals surface area contributed by atoms with Gasteiger partial charge < -0.3 is 10.4 Å². The van der Waals surface area contributed by atoms with Gasteiger partial charge in [0.1, 0.15) is 6.04 Å². The van der Waals surface area contributed by atoms with E-state index in [2.05, 4.69) is 26.1 Å². The van der Waals surface area contributed by atoms with Crippen LogP contribution in [0.4, 0.5) is 4.79 Å². The highest BCUT2D eigenvalue weighted by molar-refractivity contribution is 7.99. The summed E-state index contributed by atoms with van der Waals surface area (Å²) in [6.07, 6.45) is 3.85. The number of carbonyl (C=O) groups excluding carboxylic acids is 2. The summed E-state index contributed by atoms with van der Waals surface area (Å²) in [6.45, 7) is 6.43. The average molecular weight is 485 g/mol. The maximum atomic E-state index is 13.4. The number of aliphatic carboxylic acids is 1. The molecule has 184 valence electrons. The third-order valence-corrected chi connectivity index (χ3v) is 6.53. The summed E-state index contributed by atoms with van der Waals surface area (Å²) in [7, 11) is 0. The van der Waals surface area contributed by atoms with Gasteiger partial charge in [-0.3, -0.25) is 9.69 Å². The Morgan fingerprint density at radius 3 is 2.38 bits per heavy atom. The maximum absolute atomic E-state index is 13.4. The Morgan fingerprint density at radius 1 is 1.03 bits per heavy atom. The number of carbonyl (C=O) groups is 3. The zero-order valence-corrected chi connectivity index (χ0v) is 21.1. The van der Waals surface area contributed by atoms with Crippen LogP contribution in [0.3, 0.4) is 0 Å². The Bertz CT molecular complexity index is 933. The highest BCUT2D eigenvalue weighted by atomic mass is 32.2. The first kappa shape index (κ1) is 27.4. The van der Waals surface area contributed by atoms with Crippen molar-refractivity contribution in [2.24, 2.45) is 5.92 Å². The molecule has 2 aromatic carbocycles. The predicted octanol–water partition coefficient (Wildman–Crippen LogP) is 5.61. The number of urea groups is 1. The van der Waals surface area contributed by atoms with E-state index >= 15 is 0 Å². The van der Waals surface area contributed by atoms with Crippen molar-refractivity contribution in [3.05, 3.63) is 71.3 Å². The molecule has 0 saturated heterocycles. The second-order valence-corrected chi connectivity index (χ2v) is 9.93. The molecule has 2 rings (SSSR count). The number of hydrogen-bond acceptors (Lipinski definition) is 4. The molecule has 0 fully saturated rings. The molecule has 2 N–H and O–H groups in total. The van der Waals surface area contributed by atoms with Gasteiger partial charge in [-0.1, -0.05) is 69.7 Å². The standard InChI is InChI=1S/C27H36N2O4S/c1-4-5-16-34-19-24(26(31)32)28-27(33)29(18-22-10-7-6-8-11-22)25(30)23-13-9-12-21(17-23)15-14-20(2)3/h6-13,17,20,24H,4-5,14-16,18-19H2,1-3H3,(H,28,33)(H,31,32)/t24-/m0/s1. The molecule has 1 atom stereocenters. The van der Waals surface area contributed by atoms with Crippen LogP contribution in [0.1, 0.15) is 61.5 Å². The Labute approximate surface area is 207 Å². The highest BCUT2D eigenvalue weighted by Gasteiger charge is 2.28. The second kappa shape index (κ2) is 14.5. The topological polar surface area (TPSA) is 86.7 Å². The summed E-state index contributed by atoms with van der Waals surface area (Å²) < 4.78 is 0. The van der Waals surface area contributed by atoms with Crippen molar-refractivity contribution >= 4 is 29.7 Å². The van der Waals surface area contributed by atoms with Gasteiger partial charge in [-0.2, -0.15) is 11.8 Å². The number of amides is 3. The number of hydrogen-bond donors (Lipinski definition) is 2. The van der Waals surface area contributed by atoms with Crippen LogP contribution in [0.5, 0.6) is 0 Å². The van der Waals surface area contributed by atoms with Crippen molar-refractivity contribution < 1.29 is 19.5 Å². The van der Waals surface area contributed by atoms with Gasteiger partial charge in [0.15, 0.2) is 0 Å². The van der Waals surface area contributed by atoms with E-state index in [1.165, 1.54) is 11.8 Å². The molecule has 0 unspecified atom stereocenters. The van der Waals surface area contributed by atoms with Crippen LogP contribution < -0.4 is 5.32 Å². The number of imide groups is 1. The molecule has 0 aliphatic carbocycles. The molecule has 0 aliphatic rings. The lowest BCUT2D eigenvalue weighted by Gasteiger charge is -2.24. The van der Waals surface area contributed by atoms with Crippen LogP contribution in [0.2, 0.25) is 0 Å². The molecule has 0 heterocycles. The summed E-state index contributed by atoms with van der Waals surface area (Å²) in [5.41, 5.74) is 2.23. The average Bonchev–Trinajstić information content (AvgIpc) is 2.83. The van der Waals surface area contributed by atoms with Crippen LogP contribution in [0.15, 0.2) is 54.6 Å². The van der Waals surface area contributed by atoms with Gasteiger partial charge in [-0.05, 0) is 54.2 Å². The first-order valence-electron chi connectivity index (χ1n) is 11.9. The van der Waals surface area contributed by atoms with Gasteiger partial charge >= 0.3 is 12.0 Å². The summed E-state index contributed by atoms with van der Waals surface area (Å²) >= 11 is 1.49.